The van der Waals surface area contributed by atoms with Crippen molar-refractivity contribution < 1.29 is 28.2 Å². The molecular formula is C13H9F2NO4S. The van der Waals surface area contributed by atoms with Gasteiger partial charge in [0.1, 0.15) is 17.4 Å². The maximum Gasteiger partial charge on any atom is 0.338 e. The molecule has 1 aromatic carbocycles. The molecule has 1 amide bonds. The van der Waals surface area contributed by atoms with Crippen molar-refractivity contribution in [2.24, 2.45) is 0 Å². The summed E-state index contributed by atoms with van der Waals surface area (Å²) in [4.78, 5) is 22.5. The minimum absolute atomic E-state index is 0.0369. The molecule has 0 aliphatic rings. The van der Waals surface area contributed by atoms with Gasteiger partial charge in [0, 0.05) is 29.0 Å². The number of carbonyl (C=O) groups excluding carboxylic acids is 1. The fourth-order valence-corrected chi connectivity index (χ4v) is 2.26. The molecule has 0 aliphatic carbocycles. The van der Waals surface area contributed by atoms with E-state index in [1.807, 2.05) is 0 Å². The van der Waals surface area contributed by atoms with E-state index in [2.05, 4.69) is 5.32 Å². The second kappa shape index (κ2) is 6.31. The third kappa shape index (κ3) is 3.99. The predicted molar refractivity (Wildman–Crippen MR) is 71.8 cm³/mol. The van der Waals surface area contributed by atoms with Crippen LogP contribution < -0.4 is 10.1 Å². The molecule has 0 saturated heterocycles. The number of hydrogen-bond donors (Lipinski definition) is 2. The Balaban J connectivity index is 1.96. The Kier molecular flexibility index (Phi) is 4.49. The smallest absolute Gasteiger partial charge is 0.338 e. The van der Waals surface area contributed by atoms with E-state index in [0.717, 1.165) is 23.5 Å². The van der Waals surface area contributed by atoms with E-state index >= 15 is 0 Å². The summed E-state index contributed by atoms with van der Waals surface area (Å²) in [5.74, 6) is -3.58. The van der Waals surface area contributed by atoms with Crippen molar-refractivity contribution in [2.75, 3.05) is 11.9 Å². The molecule has 110 valence electrons. The van der Waals surface area contributed by atoms with Crippen LogP contribution in [0.15, 0.2) is 29.0 Å². The minimum atomic E-state index is -1.17. The number of thiophene rings is 1. The van der Waals surface area contributed by atoms with Gasteiger partial charge in [0.2, 0.25) is 0 Å². The topological polar surface area (TPSA) is 75.6 Å². The van der Waals surface area contributed by atoms with E-state index in [1.54, 1.807) is 0 Å². The fraction of sp³-hybridized carbons (Fsp3) is 0.0769. The molecule has 0 fully saturated rings. The zero-order valence-electron chi connectivity index (χ0n) is 10.4. The lowest BCUT2D eigenvalue weighted by atomic mass is 10.3. The van der Waals surface area contributed by atoms with Gasteiger partial charge in [-0.15, -0.1) is 11.3 Å². The zero-order chi connectivity index (χ0) is 15.4. The normalized spacial score (nSPS) is 10.2. The number of carboxylic acids is 1. The molecule has 0 spiro atoms. The van der Waals surface area contributed by atoms with Crippen LogP contribution in [0.3, 0.4) is 0 Å². The average Bonchev–Trinajstić information content (AvgIpc) is 2.83. The number of anilines is 1. The van der Waals surface area contributed by atoms with E-state index in [-0.39, 0.29) is 17.0 Å². The van der Waals surface area contributed by atoms with Crippen LogP contribution in [-0.2, 0) is 4.79 Å². The van der Waals surface area contributed by atoms with Crippen LogP contribution in [0.25, 0.3) is 0 Å². The molecule has 0 atom stereocenters. The molecule has 0 saturated carbocycles. The third-order valence-corrected chi connectivity index (χ3v) is 3.12. The lowest BCUT2D eigenvalue weighted by Gasteiger charge is -2.07. The second-order valence-corrected chi connectivity index (χ2v) is 4.69. The number of amides is 1. The number of aromatic carboxylic acids is 1. The van der Waals surface area contributed by atoms with E-state index < -0.39 is 30.1 Å². The lowest BCUT2D eigenvalue weighted by Crippen LogP contribution is -2.21. The SMILES string of the molecule is O=C(COc1cc(F)cc(F)c1)Nc1cscc1C(=O)O. The number of ether oxygens (including phenoxy) is 1. The van der Waals surface area contributed by atoms with Crippen molar-refractivity contribution >= 4 is 28.9 Å². The monoisotopic (exact) mass is 313 g/mol. The highest BCUT2D eigenvalue weighted by molar-refractivity contribution is 7.08. The first-order valence-corrected chi connectivity index (χ1v) is 6.58. The molecule has 1 heterocycles. The molecule has 0 unspecified atom stereocenters. The second-order valence-electron chi connectivity index (χ2n) is 3.95. The first-order chi connectivity index (χ1) is 9.95. The molecular weight excluding hydrogens is 304 g/mol. The van der Waals surface area contributed by atoms with E-state index in [0.29, 0.717) is 6.07 Å². The van der Waals surface area contributed by atoms with Crippen molar-refractivity contribution in [1.29, 1.82) is 0 Å². The summed E-state index contributed by atoms with van der Waals surface area (Å²) in [6.45, 7) is -0.502. The first kappa shape index (κ1) is 14.9. The van der Waals surface area contributed by atoms with Gasteiger partial charge in [0.25, 0.3) is 5.91 Å². The largest absolute Gasteiger partial charge is 0.484 e. The van der Waals surface area contributed by atoms with Gasteiger partial charge < -0.3 is 15.2 Å². The van der Waals surface area contributed by atoms with Crippen molar-refractivity contribution in [1.82, 2.24) is 0 Å². The number of benzene rings is 1. The molecule has 0 radical (unpaired) electrons. The van der Waals surface area contributed by atoms with Crippen LogP contribution in [-0.4, -0.2) is 23.6 Å². The highest BCUT2D eigenvalue weighted by Crippen LogP contribution is 2.21. The summed E-state index contributed by atoms with van der Waals surface area (Å²) in [6.07, 6.45) is 0. The Morgan fingerprint density at radius 3 is 2.48 bits per heavy atom. The van der Waals surface area contributed by atoms with Crippen LogP contribution >= 0.6 is 11.3 Å². The Labute approximate surface area is 121 Å². The number of hydrogen-bond acceptors (Lipinski definition) is 4. The zero-order valence-corrected chi connectivity index (χ0v) is 11.2. The predicted octanol–water partition coefficient (Wildman–Crippen LogP) is 2.74. The van der Waals surface area contributed by atoms with Gasteiger partial charge in [0.05, 0.1) is 11.3 Å². The molecule has 8 heteroatoms. The Morgan fingerprint density at radius 2 is 1.86 bits per heavy atom. The Bertz CT molecular complexity index is 666. The maximum absolute atomic E-state index is 12.9. The van der Waals surface area contributed by atoms with Gasteiger partial charge in [0.15, 0.2) is 6.61 Å². The van der Waals surface area contributed by atoms with E-state index in [9.17, 15) is 18.4 Å². The molecule has 2 aromatic rings. The van der Waals surface area contributed by atoms with Gasteiger partial charge in [-0.25, -0.2) is 13.6 Å². The van der Waals surface area contributed by atoms with Crippen molar-refractivity contribution in [3.05, 3.63) is 46.2 Å². The number of carbonyl (C=O) groups is 2. The van der Waals surface area contributed by atoms with Crippen molar-refractivity contribution in [2.45, 2.75) is 0 Å². The van der Waals surface area contributed by atoms with Crippen molar-refractivity contribution in [3.63, 3.8) is 0 Å². The van der Waals surface area contributed by atoms with E-state index in [4.69, 9.17) is 9.84 Å². The summed E-state index contributed by atoms with van der Waals surface area (Å²) < 4.78 is 30.8. The molecule has 2 rings (SSSR count). The molecule has 0 aliphatic heterocycles. The number of carboxylic acid groups (broad SMARTS) is 1. The standard InChI is InChI=1S/C13H9F2NO4S/c14-7-1-8(15)3-9(2-7)20-4-12(17)16-11-6-21-5-10(11)13(18)19/h1-3,5-6H,4H2,(H,16,17)(H,18,19). The van der Waals surface area contributed by atoms with Gasteiger partial charge in [-0.1, -0.05) is 0 Å². The summed E-state index contributed by atoms with van der Waals surface area (Å²) in [7, 11) is 0. The van der Waals surface area contributed by atoms with E-state index in [1.165, 1.54) is 10.8 Å². The maximum atomic E-state index is 12.9. The quantitative estimate of drug-likeness (QED) is 0.890. The molecule has 0 bridgehead atoms. The Hall–Kier alpha value is -2.48. The van der Waals surface area contributed by atoms with Gasteiger partial charge in [-0.2, -0.15) is 0 Å². The van der Waals surface area contributed by atoms with Crippen LogP contribution in [0.5, 0.6) is 5.75 Å². The molecule has 1 aromatic heterocycles. The fourth-order valence-electron chi connectivity index (χ4n) is 1.51. The summed E-state index contributed by atoms with van der Waals surface area (Å²) in [6, 6.07) is 2.55. The van der Waals surface area contributed by atoms with Gasteiger partial charge in [-0.05, 0) is 0 Å². The average molecular weight is 313 g/mol. The number of nitrogens with one attached hydrogen (secondary N) is 1. The summed E-state index contributed by atoms with van der Waals surface area (Å²) >= 11 is 1.12. The van der Waals surface area contributed by atoms with Crippen molar-refractivity contribution in [3.8, 4) is 5.75 Å². The van der Waals surface area contributed by atoms with Gasteiger partial charge >= 0.3 is 5.97 Å². The van der Waals surface area contributed by atoms with Gasteiger partial charge in [-0.3, -0.25) is 4.79 Å². The summed E-state index contributed by atoms with van der Waals surface area (Å²) in [5, 5.41) is 14.1. The minimum Gasteiger partial charge on any atom is -0.484 e. The van der Waals surface area contributed by atoms with Crippen LogP contribution in [0.2, 0.25) is 0 Å². The summed E-state index contributed by atoms with van der Waals surface area (Å²) in [5.41, 5.74) is 0.108. The highest BCUT2D eigenvalue weighted by Gasteiger charge is 2.14. The van der Waals surface area contributed by atoms with Crippen LogP contribution in [0.1, 0.15) is 10.4 Å². The Morgan fingerprint density at radius 1 is 1.19 bits per heavy atom. The molecule has 2 N–H and O–H groups in total. The first-order valence-electron chi connectivity index (χ1n) is 5.64. The number of rotatable bonds is 5. The van der Waals surface area contributed by atoms with Crippen LogP contribution in [0, 0.1) is 11.6 Å². The molecule has 21 heavy (non-hydrogen) atoms. The third-order valence-electron chi connectivity index (χ3n) is 2.37. The molecule has 5 nitrogen and oxygen atoms in total. The van der Waals surface area contributed by atoms with Crippen LogP contribution in [0.4, 0.5) is 14.5 Å². The highest BCUT2D eigenvalue weighted by atomic mass is 32.1. The number of halogens is 2. The lowest BCUT2D eigenvalue weighted by molar-refractivity contribution is -0.118.